The quantitative estimate of drug-likeness (QED) is 0.476. The van der Waals surface area contributed by atoms with E-state index in [4.69, 9.17) is 10.3 Å². The summed E-state index contributed by atoms with van der Waals surface area (Å²) in [5, 5.41) is 22.1. The van der Waals surface area contributed by atoms with Gasteiger partial charge >= 0.3 is 0 Å². The molecule has 2 aromatic carbocycles. The Morgan fingerprint density at radius 1 is 1.14 bits per heavy atom. The molecule has 0 spiro atoms. The van der Waals surface area contributed by atoms with Gasteiger partial charge in [0, 0.05) is 18.2 Å². The van der Waals surface area contributed by atoms with Crippen molar-refractivity contribution in [3.8, 4) is 5.75 Å². The van der Waals surface area contributed by atoms with Gasteiger partial charge in [-0.2, -0.15) is 15.3 Å². The van der Waals surface area contributed by atoms with Gasteiger partial charge in [-0.1, -0.05) is 0 Å². The van der Waals surface area contributed by atoms with E-state index >= 15 is 0 Å². The van der Waals surface area contributed by atoms with Crippen molar-refractivity contribution >= 4 is 22.7 Å². The molecule has 2 rings (SSSR count). The number of ether oxygens (including phenoxy) is 1. The zero-order valence-corrected chi connectivity index (χ0v) is 12.0. The van der Waals surface area contributed by atoms with E-state index in [9.17, 15) is 10.1 Å². The fraction of sp³-hybridized carbons (Fsp3) is 0.143. The first kappa shape index (κ1) is 15.2. The van der Waals surface area contributed by atoms with Crippen molar-refractivity contribution < 1.29 is 9.66 Å². The van der Waals surface area contributed by atoms with Crippen LogP contribution in [-0.4, -0.2) is 12.0 Å². The zero-order valence-electron chi connectivity index (χ0n) is 12.0. The maximum Gasteiger partial charge on any atom is 0.269 e. The Kier molecular flexibility index (Phi) is 4.52. The van der Waals surface area contributed by atoms with E-state index in [0.717, 1.165) is 5.56 Å². The maximum atomic E-state index is 10.6. The minimum Gasteiger partial charge on any atom is -0.494 e. The van der Waals surface area contributed by atoms with Gasteiger partial charge in [0.05, 0.1) is 23.4 Å². The molecule has 0 aliphatic rings. The van der Waals surface area contributed by atoms with Crippen molar-refractivity contribution in [2.75, 3.05) is 7.11 Å². The third kappa shape index (κ3) is 3.29. The molecule has 0 fully saturated rings. The van der Waals surface area contributed by atoms with Crippen LogP contribution in [0.3, 0.4) is 0 Å². The molecule has 0 saturated carbocycles. The van der Waals surface area contributed by atoms with Crippen LogP contribution in [0.4, 0.5) is 22.7 Å². The van der Waals surface area contributed by atoms with E-state index in [2.05, 4.69) is 15.3 Å². The van der Waals surface area contributed by atoms with Crippen LogP contribution < -0.4 is 4.74 Å². The van der Waals surface area contributed by atoms with Crippen molar-refractivity contribution in [1.29, 1.82) is 5.53 Å². The van der Waals surface area contributed by atoms with Crippen molar-refractivity contribution in [1.82, 2.24) is 0 Å². The van der Waals surface area contributed by atoms with Crippen LogP contribution in [0.15, 0.2) is 51.7 Å². The summed E-state index contributed by atoms with van der Waals surface area (Å²) in [6, 6.07) is 9.07. The number of hydrogen-bond donors (Lipinski definition) is 1. The average molecular weight is 299 g/mol. The number of nitrogens with one attached hydrogen (secondary N) is 1. The highest BCUT2D eigenvalue weighted by Gasteiger charge is 2.08. The molecule has 8 nitrogen and oxygen atoms in total. The molecule has 8 heteroatoms. The van der Waals surface area contributed by atoms with Gasteiger partial charge in [-0.15, -0.1) is 0 Å². The first-order chi connectivity index (χ1) is 10.5. The predicted molar refractivity (Wildman–Crippen MR) is 79.8 cm³/mol. The van der Waals surface area contributed by atoms with E-state index in [-0.39, 0.29) is 5.69 Å². The number of methoxy groups -OCH3 is 1. The SMILES string of the molecule is COc1cc(N=Nc2ccc([N+](=O)[O-])cc2)c(C)cc1N=N. The van der Waals surface area contributed by atoms with Crippen molar-refractivity contribution in [2.24, 2.45) is 15.3 Å². The van der Waals surface area contributed by atoms with Gasteiger partial charge in [-0.25, -0.2) is 5.53 Å². The van der Waals surface area contributed by atoms with Crippen LogP contribution in [-0.2, 0) is 0 Å². The molecular weight excluding hydrogens is 286 g/mol. The maximum absolute atomic E-state index is 10.6. The second kappa shape index (κ2) is 6.53. The van der Waals surface area contributed by atoms with Gasteiger partial charge < -0.3 is 4.74 Å². The lowest BCUT2D eigenvalue weighted by Crippen LogP contribution is -1.85. The Hall–Kier alpha value is -3.16. The summed E-state index contributed by atoms with van der Waals surface area (Å²) < 4.78 is 5.14. The Bertz CT molecular complexity index is 741. The number of nitrogens with zero attached hydrogens (tertiary/aromatic N) is 4. The number of nitro groups is 1. The summed E-state index contributed by atoms with van der Waals surface area (Å²) >= 11 is 0. The molecule has 0 atom stereocenters. The molecule has 0 aliphatic carbocycles. The molecular formula is C14H13N5O3. The number of rotatable bonds is 5. The van der Waals surface area contributed by atoms with Crippen LogP contribution in [0.5, 0.6) is 5.75 Å². The van der Waals surface area contributed by atoms with Crippen molar-refractivity contribution in [3.05, 3.63) is 52.1 Å². The fourth-order valence-corrected chi connectivity index (χ4v) is 1.77. The van der Waals surface area contributed by atoms with Gasteiger partial charge in [-0.05, 0) is 30.7 Å². The van der Waals surface area contributed by atoms with Crippen LogP contribution in [0.1, 0.15) is 5.56 Å². The van der Waals surface area contributed by atoms with Crippen LogP contribution in [0.2, 0.25) is 0 Å². The summed E-state index contributed by atoms with van der Waals surface area (Å²) in [5.41, 5.74) is 9.35. The lowest BCUT2D eigenvalue weighted by Gasteiger charge is -2.06. The summed E-state index contributed by atoms with van der Waals surface area (Å²) in [5.74, 6) is 0.429. The highest BCUT2D eigenvalue weighted by atomic mass is 16.6. The predicted octanol–water partition coefficient (Wildman–Crippen LogP) is 4.99. The Morgan fingerprint density at radius 2 is 1.82 bits per heavy atom. The van der Waals surface area contributed by atoms with Crippen molar-refractivity contribution in [3.63, 3.8) is 0 Å². The molecule has 0 unspecified atom stereocenters. The van der Waals surface area contributed by atoms with Gasteiger partial charge in [0.25, 0.3) is 5.69 Å². The van der Waals surface area contributed by atoms with E-state index < -0.39 is 4.92 Å². The van der Waals surface area contributed by atoms with E-state index in [1.807, 2.05) is 6.92 Å². The molecule has 1 N–H and O–H groups in total. The minimum absolute atomic E-state index is 0.00166. The average Bonchev–Trinajstić information content (AvgIpc) is 2.53. The standard InChI is InChI=1S/C14H13N5O3/c1-9-7-13(16-15)14(22-2)8-12(9)18-17-10-3-5-11(6-4-10)19(20)21/h3-8,15H,1-2H3. The first-order valence-electron chi connectivity index (χ1n) is 6.27. The Balaban J connectivity index is 2.29. The largest absolute Gasteiger partial charge is 0.494 e. The number of azo groups is 1. The first-order valence-corrected chi connectivity index (χ1v) is 6.27. The summed E-state index contributed by atoms with van der Waals surface area (Å²) in [6.07, 6.45) is 0. The molecule has 0 radical (unpaired) electrons. The topological polar surface area (TPSA) is 113 Å². The molecule has 22 heavy (non-hydrogen) atoms. The molecule has 0 amide bonds. The highest BCUT2D eigenvalue weighted by molar-refractivity contribution is 5.62. The van der Waals surface area contributed by atoms with Gasteiger partial charge in [0.1, 0.15) is 11.4 Å². The number of hydrogen-bond acceptors (Lipinski definition) is 7. The van der Waals surface area contributed by atoms with Crippen LogP contribution in [0, 0.1) is 22.6 Å². The number of aryl methyl sites for hydroxylation is 1. The summed E-state index contributed by atoms with van der Waals surface area (Å²) in [7, 11) is 1.48. The van der Waals surface area contributed by atoms with Crippen LogP contribution >= 0.6 is 0 Å². The number of nitro benzene ring substituents is 1. The zero-order chi connectivity index (χ0) is 16.1. The highest BCUT2D eigenvalue weighted by Crippen LogP contribution is 2.35. The lowest BCUT2D eigenvalue weighted by atomic mass is 10.1. The van der Waals surface area contributed by atoms with E-state index in [1.54, 1.807) is 12.1 Å². The fourth-order valence-electron chi connectivity index (χ4n) is 1.77. The second-order valence-electron chi connectivity index (χ2n) is 4.40. The summed E-state index contributed by atoms with van der Waals surface area (Å²) in [4.78, 5) is 10.1. The molecule has 2 aromatic rings. The van der Waals surface area contributed by atoms with Crippen molar-refractivity contribution in [2.45, 2.75) is 6.92 Å². The molecule has 112 valence electrons. The smallest absolute Gasteiger partial charge is 0.269 e. The Morgan fingerprint density at radius 3 is 2.36 bits per heavy atom. The van der Waals surface area contributed by atoms with Gasteiger partial charge in [0.2, 0.25) is 0 Å². The molecule has 0 aliphatic heterocycles. The molecule has 0 aromatic heterocycles. The normalized spacial score (nSPS) is 10.6. The Labute approximate surface area is 126 Å². The van der Waals surface area contributed by atoms with E-state index in [1.165, 1.54) is 31.4 Å². The third-order valence-electron chi connectivity index (χ3n) is 2.95. The minimum atomic E-state index is -0.473. The number of non-ortho nitro benzene ring substituents is 1. The lowest BCUT2D eigenvalue weighted by molar-refractivity contribution is -0.384. The molecule has 0 heterocycles. The molecule has 0 saturated heterocycles. The van der Waals surface area contributed by atoms with Gasteiger partial charge in [-0.3, -0.25) is 10.1 Å². The second-order valence-corrected chi connectivity index (χ2v) is 4.40. The van der Waals surface area contributed by atoms with Crippen LogP contribution in [0.25, 0.3) is 0 Å². The molecule has 0 bridgehead atoms. The summed E-state index contributed by atoms with van der Waals surface area (Å²) in [6.45, 7) is 1.82. The number of benzene rings is 2. The monoisotopic (exact) mass is 299 g/mol. The van der Waals surface area contributed by atoms with Gasteiger partial charge in [0.15, 0.2) is 0 Å². The van der Waals surface area contributed by atoms with E-state index in [0.29, 0.717) is 22.8 Å². The third-order valence-corrected chi connectivity index (χ3v) is 2.95.